The van der Waals surface area contributed by atoms with Gasteiger partial charge in [0.2, 0.25) is 5.91 Å². The molecule has 1 heterocycles. The molecule has 0 saturated carbocycles. The van der Waals surface area contributed by atoms with Gasteiger partial charge in [0, 0.05) is 6.42 Å². The molecular weight excluding hydrogens is 803 g/mol. The Morgan fingerprint density at radius 2 is 0.875 bits per heavy atom. The lowest BCUT2D eigenvalue weighted by atomic mass is 9.99. The van der Waals surface area contributed by atoms with E-state index in [1.54, 1.807) is 6.08 Å². The van der Waals surface area contributed by atoms with Crippen LogP contribution in [0.2, 0.25) is 0 Å². The zero-order valence-electron chi connectivity index (χ0n) is 41.8. The minimum Gasteiger partial charge on any atom is -0.394 e. The van der Waals surface area contributed by atoms with Crippen molar-refractivity contribution in [3.8, 4) is 0 Å². The second-order valence-corrected chi connectivity index (χ2v) is 19.4. The van der Waals surface area contributed by atoms with Crippen LogP contribution in [0.25, 0.3) is 0 Å². The van der Waals surface area contributed by atoms with E-state index < -0.39 is 49.5 Å². The first-order valence-electron chi connectivity index (χ1n) is 27.6. The second-order valence-electron chi connectivity index (χ2n) is 19.4. The zero-order valence-corrected chi connectivity index (χ0v) is 41.8. The van der Waals surface area contributed by atoms with Crippen LogP contribution in [0, 0.1) is 0 Å². The normalized spacial score (nSPS) is 20.1. The summed E-state index contributed by atoms with van der Waals surface area (Å²) in [5.41, 5.74) is 0. The maximum Gasteiger partial charge on any atom is 0.220 e. The van der Waals surface area contributed by atoms with E-state index in [1.165, 1.54) is 205 Å². The highest BCUT2D eigenvalue weighted by Gasteiger charge is 2.44. The monoisotopic (exact) mass is 908 g/mol. The van der Waals surface area contributed by atoms with Crippen molar-refractivity contribution >= 4 is 5.91 Å². The van der Waals surface area contributed by atoms with Crippen molar-refractivity contribution in [3.63, 3.8) is 0 Å². The molecule has 0 aromatic carbocycles. The lowest BCUT2D eigenvalue weighted by Crippen LogP contribution is -2.60. The summed E-state index contributed by atoms with van der Waals surface area (Å²) in [6.45, 7) is 3.80. The van der Waals surface area contributed by atoms with E-state index in [0.29, 0.717) is 6.42 Å². The Kier molecular flexibility index (Phi) is 43.1. The maximum atomic E-state index is 13.0. The van der Waals surface area contributed by atoms with Crippen molar-refractivity contribution in [3.05, 3.63) is 24.3 Å². The molecule has 378 valence electrons. The molecule has 1 aliphatic rings. The van der Waals surface area contributed by atoms with Crippen LogP contribution in [-0.2, 0) is 14.3 Å². The third-order valence-corrected chi connectivity index (χ3v) is 13.3. The maximum absolute atomic E-state index is 13.0. The van der Waals surface area contributed by atoms with Crippen molar-refractivity contribution in [2.75, 3.05) is 13.2 Å². The summed E-state index contributed by atoms with van der Waals surface area (Å²) in [7, 11) is 0. The Hall–Kier alpha value is -1.33. The van der Waals surface area contributed by atoms with Gasteiger partial charge in [0.05, 0.1) is 25.4 Å². The number of allylic oxidation sites excluding steroid dienone is 3. The van der Waals surface area contributed by atoms with Crippen molar-refractivity contribution in [2.45, 2.75) is 307 Å². The Labute approximate surface area is 394 Å². The standard InChI is InChI=1S/C55H105NO8/c1-3-5-7-9-11-13-15-17-19-21-23-25-27-29-31-33-35-37-39-41-43-45-51(59)56-48(47-63-55-54(62)53(61)52(60)50(46-57)64-55)49(58)44-42-40-38-36-34-32-30-28-26-24-22-20-18-16-14-12-10-8-6-4-2/h21,23,42,44,48-50,52-55,57-58,60-62H,3-20,22,24-41,43,45-47H2,1-2H3,(H,56,59)/b23-21-,44-42+. The summed E-state index contributed by atoms with van der Waals surface area (Å²) in [5, 5.41) is 54.5. The summed E-state index contributed by atoms with van der Waals surface area (Å²) >= 11 is 0. The average Bonchev–Trinajstić information content (AvgIpc) is 3.29. The number of nitrogens with one attached hydrogen (secondary N) is 1. The first-order valence-corrected chi connectivity index (χ1v) is 27.6. The van der Waals surface area contributed by atoms with Gasteiger partial charge in [-0.1, -0.05) is 237 Å². The number of rotatable bonds is 47. The van der Waals surface area contributed by atoms with E-state index in [0.717, 1.165) is 38.5 Å². The fourth-order valence-corrected chi connectivity index (χ4v) is 8.86. The minimum atomic E-state index is -1.57. The van der Waals surface area contributed by atoms with Crippen LogP contribution in [0.1, 0.15) is 264 Å². The van der Waals surface area contributed by atoms with Gasteiger partial charge < -0.3 is 40.3 Å². The van der Waals surface area contributed by atoms with Gasteiger partial charge in [-0.15, -0.1) is 0 Å². The summed E-state index contributed by atoms with van der Waals surface area (Å²) in [4.78, 5) is 13.0. The summed E-state index contributed by atoms with van der Waals surface area (Å²) < 4.78 is 11.3. The number of hydrogen-bond donors (Lipinski definition) is 6. The number of ether oxygens (including phenoxy) is 2. The van der Waals surface area contributed by atoms with E-state index in [2.05, 4.69) is 31.3 Å². The van der Waals surface area contributed by atoms with Crippen LogP contribution in [0.15, 0.2) is 24.3 Å². The van der Waals surface area contributed by atoms with Crippen molar-refractivity contribution in [2.24, 2.45) is 0 Å². The topological polar surface area (TPSA) is 149 Å². The lowest BCUT2D eigenvalue weighted by Gasteiger charge is -2.40. The van der Waals surface area contributed by atoms with Crippen LogP contribution in [-0.4, -0.2) is 87.5 Å². The van der Waals surface area contributed by atoms with Gasteiger partial charge in [-0.05, 0) is 44.9 Å². The molecule has 6 N–H and O–H groups in total. The van der Waals surface area contributed by atoms with E-state index in [4.69, 9.17) is 9.47 Å². The first kappa shape index (κ1) is 60.7. The average molecular weight is 908 g/mol. The van der Waals surface area contributed by atoms with Gasteiger partial charge in [-0.3, -0.25) is 4.79 Å². The molecule has 9 nitrogen and oxygen atoms in total. The van der Waals surface area contributed by atoms with Crippen molar-refractivity contribution in [1.29, 1.82) is 0 Å². The van der Waals surface area contributed by atoms with Gasteiger partial charge in [0.1, 0.15) is 24.4 Å². The van der Waals surface area contributed by atoms with Crippen LogP contribution in [0.3, 0.4) is 0 Å². The molecule has 1 fully saturated rings. The molecule has 0 aromatic rings. The molecule has 0 aromatic heterocycles. The zero-order chi connectivity index (χ0) is 46.6. The third-order valence-electron chi connectivity index (χ3n) is 13.3. The Bertz CT molecular complexity index is 1060. The Morgan fingerprint density at radius 3 is 1.27 bits per heavy atom. The largest absolute Gasteiger partial charge is 0.394 e. The van der Waals surface area contributed by atoms with Crippen molar-refractivity contribution in [1.82, 2.24) is 5.32 Å². The van der Waals surface area contributed by atoms with Gasteiger partial charge in [0.25, 0.3) is 0 Å². The molecule has 1 saturated heterocycles. The Balaban J connectivity index is 2.26. The molecule has 0 aliphatic carbocycles. The Morgan fingerprint density at radius 1 is 0.516 bits per heavy atom. The number of hydrogen-bond acceptors (Lipinski definition) is 8. The molecule has 64 heavy (non-hydrogen) atoms. The van der Waals surface area contributed by atoms with Gasteiger partial charge in [0.15, 0.2) is 6.29 Å². The third kappa shape index (κ3) is 34.9. The van der Waals surface area contributed by atoms with Crippen LogP contribution < -0.4 is 5.32 Å². The molecule has 7 atom stereocenters. The number of carbonyl (C=O) groups is 1. The van der Waals surface area contributed by atoms with E-state index >= 15 is 0 Å². The van der Waals surface area contributed by atoms with Crippen LogP contribution in [0.4, 0.5) is 0 Å². The summed E-state index contributed by atoms with van der Waals surface area (Å²) in [6, 6.07) is -0.804. The van der Waals surface area contributed by atoms with Gasteiger partial charge >= 0.3 is 0 Å². The number of carbonyl (C=O) groups excluding carboxylic acids is 1. The number of amides is 1. The molecule has 1 rings (SSSR count). The van der Waals surface area contributed by atoms with Crippen LogP contribution in [0.5, 0.6) is 0 Å². The second kappa shape index (κ2) is 45.5. The van der Waals surface area contributed by atoms with E-state index in [1.807, 2.05) is 6.08 Å². The molecular formula is C55H105NO8. The summed E-state index contributed by atoms with van der Waals surface area (Å²) in [6.07, 6.45) is 49.4. The molecule has 0 bridgehead atoms. The smallest absolute Gasteiger partial charge is 0.220 e. The highest BCUT2D eigenvalue weighted by molar-refractivity contribution is 5.76. The highest BCUT2D eigenvalue weighted by Crippen LogP contribution is 2.23. The lowest BCUT2D eigenvalue weighted by molar-refractivity contribution is -0.302. The molecule has 0 spiro atoms. The van der Waals surface area contributed by atoms with E-state index in [-0.39, 0.29) is 12.5 Å². The minimum absolute atomic E-state index is 0.176. The molecule has 7 unspecified atom stereocenters. The van der Waals surface area contributed by atoms with Gasteiger partial charge in [-0.25, -0.2) is 0 Å². The molecule has 1 aliphatic heterocycles. The number of aliphatic hydroxyl groups is 5. The SMILES string of the molecule is CCCCCCCCCC/C=C\CCCCCCCCCCCC(=O)NC(COC1OC(CO)C(O)C(O)C1O)C(O)/C=C/CCCCCCCCCCCCCCCCCCCC. The molecule has 0 radical (unpaired) electrons. The quantitative estimate of drug-likeness (QED) is 0.0261. The van der Waals surface area contributed by atoms with Crippen molar-refractivity contribution < 1.29 is 39.8 Å². The molecule has 1 amide bonds. The number of unbranched alkanes of at least 4 members (excludes halogenated alkanes) is 35. The fourth-order valence-electron chi connectivity index (χ4n) is 8.86. The fraction of sp³-hybridized carbons (Fsp3) is 0.909. The predicted molar refractivity (Wildman–Crippen MR) is 267 cm³/mol. The first-order chi connectivity index (χ1) is 31.3. The highest BCUT2D eigenvalue weighted by atomic mass is 16.7. The summed E-state index contributed by atoms with van der Waals surface area (Å²) in [5.74, 6) is -0.176. The molecule has 9 heteroatoms. The predicted octanol–water partition coefficient (Wildman–Crippen LogP) is 13.0. The van der Waals surface area contributed by atoms with Crippen LogP contribution >= 0.6 is 0 Å². The van der Waals surface area contributed by atoms with Gasteiger partial charge in [-0.2, -0.15) is 0 Å². The number of aliphatic hydroxyl groups excluding tert-OH is 5. The van der Waals surface area contributed by atoms with E-state index in [9.17, 15) is 30.3 Å².